The SMILES string of the molecule is Cc1ccc(C2=C(N3CCCC(CO)C3)C(=O)N(c3ccccc3Cl)C2=O)cc1C. The van der Waals surface area contributed by atoms with Crippen LogP contribution in [0.1, 0.15) is 29.5 Å². The number of para-hydroxylation sites is 1. The van der Waals surface area contributed by atoms with Crippen LogP contribution >= 0.6 is 11.6 Å². The highest BCUT2D eigenvalue weighted by atomic mass is 35.5. The van der Waals surface area contributed by atoms with Crippen molar-refractivity contribution in [3.8, 4) is 0 Å². The fourth-order valence-electron chi connectivity index (χ4n) is 4.24. The number of aryl methyl sites for hydroxylation is 2. The van der Waals surface area contributed by atoms with Crippen molar-refractivity contribution >= 4 is 34.7 Å². The molecule has 0 saturated carbocycles. The lowest BCUT2D eigenvalue weighted by Crippen LogP contribution is -2.40. The molecule has 1 fully saturated rings. The van der Waals surface area contributed by atoms with E-state index >= 15 is 0 Å². The average Bonchev–Trinajstić information content (AvgIpc) is 3.01. The number of carbonyl (C=O) groups is 2. The molecule has 5 nitrogen and oxygen atoms in total. The first-order valence-corrected chi connectivity index (χ1v) is 10.6. The van der Waals surface area contributed by atoms with Gasteiger partial charge in [-0.3, -0.25) is 9.59 Å². The summed E-state index contributed by atoms with van der Waals surface area (Å²) in [7, 11) is 0. The molecule has 4 rings (SSSR count). The van der Waals surface area contributed by atoms with Crippen LogP contribution in [0.25, 0.3) is 5.57 Å². The number of nitrogens with zero attached hydrogens (tertiary/aromatic N) is 2. The van der Waals surface area contributed by atoms with Crippen molar-refractivity contribution in [2.24, 2.45) is 5.92 Å². The van der Waals surface area contributed by atoms with Crippen LogP contribution < -0.4 is 4.90 Å². The number of benzene rings is 2. The molecule has 1 unspecified atom stereocenters. The van der Waals surface area contributed by atoms with Crippen LogP contribution in [0.15, 0.2) is 48.2 Å². The molecule has 2 aromatic rings. The first-order chi connectivity index (χ1) is 14.4. The van der Waals surface area contributed by atoms with Gasteiger partial charge in [0.05, 0.1) is 16.3 Å². The first kappa shape index (κ1) is 20.6. The molecule has 0 aliphatic carbocycles. The Labute approximate surface area is 181 Å². The molecule has 0 aromatic heterocycles. The van der Waals surface area contributed by atoms with E-state index in [-0.39, 0.29) is 24.3 Å². The van der Waals surface area contributed by atoms with Crippen molar-refractivity contribution in [1.82, 2.24) is 4.90 Å². The number of aliphatic hydroxyl groups is 1. The molecule has 0 spiro atoms. The standard InChI is InChI=1S/C24H25ClN2O3/c1-15-9-10-18(12-16(15)2)21-22(26-11-5-6-17(13-26)14-28)24(30)27(23(21)29)20-8-4-3-7-19(20)25/h3-4,7-10,12,17,28H,5-6,11,13-14H2,1-2H3. The van der Waals surface area contributed by atoms with Crippen molar-refractivity contribution < 1.29 is 14.7 Å². The van der Waals surface area contributed by atoms with Crippen molar-refractivity contribution in [2.75, 3.05) is 24.6 Å². The van der Waals surface area contributed by atoms with Gasteiger partial charge in [-0.2, -0.15) is 0 Å². The Balaban J connectivity index is 1.85. The van der Waals surface area contributed by atoms with Gasteiger partial charge in [-0.15, -0.1) is 0 Å². The Morgan fingerprint density at radius 1 is 1.07 bits per heavy atom. The van der Waals surface area contributed by atoms with E-state index in [0.717, 1.165) is 29.5 Å². The summed E-state index contributed by atoms with van der Waals surface area (Å²) in [5, 5.41) is 10.0. The Morgan fingerprint density at radius 3 is 2.53 bits per heavy atom. The molecule has 6 heteroatoms. The zero-order valence-corrected chi connectivity index (χ0v) is 17.9. The van der Waals surface area contributed by atoms with Crippen LogP contribution in [0, 0.1) is 19.8 Å². The molecule has 156 valence electrons. The van der Waals surface area contributed by atoms with Crippen LogP contribution in [0.3, 0.4) is 0 Å². The lowest BCUT2D eigenvalue weighted by atomic mass is 9.96. The zero-order chi connectivity index (χ0) is 21.4. The van der Waals surface area contributed by atoms with Crippen molar-refractivity contribution in [2.45, 2.75) is 26.7 Å². The average molecular weight is 425 g/mol. The predicted molar refractivity (Wildman–Crippen MR) is 118 cm³/mol. The highest BCUT2D eigenvalue weighted by molar-refractivity contribution is 6.47. The van der Waals surface area contributed by atoms with E-state index in [9.17, 15) is 14.7 Å². The topological polar surface area (TPSA) is 60.9 Å². The minimum atomic E-state index is -0.363. The summed E-state index contributed by atoms with van der Waals surface area (Å²) in [5.41, 5.74) is 4.11. The first-order valence-electron chi connectivity index (χ1n) is 10.2. The molecule has 1 atom stereocenters. The predicted octanol–water partition coefficient (Wildman–Crippen LogP) is 3.95. The molecular weight excluding hydrogens is 400 g/mol. The minimum Gasteiger partial charge on any atom is -0.396 e. The normalized spacial score (nSPS) is 19.8. The van der Waals surface area contributed by atoms with E-state index < -0.39 is 0 Å². The summed E-state index contributed by atoms with van der Waals surface area (Å²) in [5.74, 6) is -0.637. The van der Waals surface area contributed by atoms with Gasteiger partial charge in [0.25, 0.3) is 11.8 Å². The maximum Gasteiger partial charge on any atom is 0.282 e. The summed E-state index contributed by atoms with van der Waals surface area (Å²) in [4.78, 5) is 30.3. The Morgan fingerprint density at radius 2 is 1.83 bits per heavy atom. The number of carbonyl (C=O) groups excluding carboxylic acids is 2. The molecule has 1 saturated heterocycles. The molecule has 2 aromatic carbocycles. The van der Waals surface area contributed by atoms with E-state index in [2.05, 4.69) is 0 Å². The Hall–Kier alpha value is -2.63. The number of likely N-dealkylation sites (tertiary alicyclic amines) is 1. The summed E-state index contributed by atoms with van der Waals surface area (Å²) in [6.07, 6.45) is 1.78. The number of hydrogen-bond acceptors (Lipinski definition) is 4. The van der Waals surface area contributed by atoms with E-state index in [1.54, 1.807) is 24.3 Å². The monoisotopic (exact) mass is 424 g/mol. The summed E-state index contributed by atoms with van der Waals surface area (Å²) in [6, 6.07) is 12.7. The lowest BCUT2D eigenvalue weighted by molar-refractivity contribution is -0.120. The van der Waals surface area contributed by atoms with Gasteiger partial charge in [-0.1, -0.05) is 41.9 Å². The summed E-state index contributed by atoms with van der Waals surface area (Å²) in [6.45, 7) is 5.31. The minimum absolute atomic E-state index is 0.0686. The fourth-order valence-corrected chi connectivity index (χ4v) is 4.46. The fraction of sp³-hybridized carbons (Fsp3) is 0.333. The van der Waals surface area contributed by atoms with Gasteiger partial charge in [-0.25, -0.2) is 4.90 Å². The van der Waals surface area contributed by atoms with Crippen molar-refractivity contribution in [1.29, 1.82) is 0 Å². The summed E-state index contributed by atoms with van der Waals surface area (Å²) >= 11 is 6.34. The smallest absolute Gasteiger partial charge is 0.282 e. The summed E-state index contributed by atoms with van der Waals surface area (Å²) < 4.78 is 0. The molecule has 1 N–H and O–H groups in total. The Kier molecular flexibility index (Phi) is 5.67. The van der Waals surface area contributed by atoms with Crippen molar-refractivity contribution in [3.63, 3.8) is 0 Å². The largest absolute Gasteiger partial charge is 0.396 e. The quantitative estimate of drug-likeness (QED) is 0.755. The number of halogens is 1. The number of anilines is 1. The number of amides is 2. The number of rotatable bonds is 4. The van der Waals surface area contributed by atoms with E-state index in [0.29, 0.717) is 35.1 Å². The maximum absolute atomic E-state index is 13.6. The Bertz CT molecular complexity index is 1050. The van der Waals surface area contributed by atoms with Gasteiger partial charge in [0.15, 0.2) is 0 Å². The van der Waals surface area contributed by atoms with Crippen molar-refractivity contribution in [3.05, 3.63) is 69.9 Å². The molecule has 2 heterocycles. The van der Waals surface area contributed by atoms with Gasteiger partial charge in [-0.05, 0) is 61.4 Å². The third-order valence-electron chi connectivity index (χ3n) is 6.04. The van der Waals surface area contributed by atoms with E-state index in [1.165, 1.54) is 4.90 Å². The molecule has 0 bridgehead atoms. The number of imide groups is 1. The van der Waals surface area contributed by atoms with Gasteiger partial charge in [0.1, 0.15) is 5.70 Å². The number of aliphatic hydroxyl groups excluding tert-OH is 1. The molecule has 2 aliphatic rings. The lowest BCUT2D eigenvalue weighted by Gasteiger charge is -2.34. The highest BCUT2D eigenvalue weighted by Gasteiger charge is 2.43. The molecular formula is C24H25ClN2O3. The second-order valence-electron chi connectivity index (χ2n) is 8.06. The van der Waals surface area contributed by atoms with Crippen LogP contribution in [0.5, 0.6) is 0 Å². The highest BCUT2D eigenvalue weighted by Crippen LogP contribution is 2.39. The molecule has 30 heavy (non-hydrogen) atoms. The van der Waals surface area contributed by atoms with Crippen LogP contribution in [0.4, 0.5) is 5.69 Å². The van der Waals surface area contributed by atoms with Crippen LogP contribution in [-0.2, 0) is 9.59 Å². The second kappa shape index (κ2) is 8.25. The molecule has 2 amide bonds. The third-order valence-corrected chi connectivity index (χ3v) is 6.36. The zero-order valence-electron chi connectivity index (χ0n) is 17.2. The molecule has 0 radical (unpaired) electrons. The van der Waals surface area contributed by atoms with Gasteiger partial charge < -0.3 is 10.0 Å². The van der Waals surface area contributed by atoms with Crippen LogP contribution in [-0.4, -0.2) is 41.5 Å². The van der Waals surface area contributed by atoms with Gasteiger partial charge >= 0.3 is 0 Å². The number of piperidine rings is 1. The third kappa shape index (κ3) is 3.53. The van der Waals surface area contributed by atoms with Gasteiger partial charge in [0, 0.05) is 19.7 Å². The van der Waals surface area contributed by atoms with Gasteiger partial charge in [0.2, 0.25) is 0 Å². The maximum atomic E-state index is 13.6. The molecule has 2 aliphatic heterocycles. The second-order valence-corrected chi connectivity index (χ2v) is 8.46. The van der Waals surface area contributed by atoms with E-state index in [1.807, 2.05) is 36.9 Å². The number of hydrogen-bond donors (Lipinski definition) is 1. The van der Waals surface area contributed by atoms with E-state index in [4.69, 9.17) is 11.6 Å². The van der Waals surface area contributed by atoms with Crippen LogP contribution in [0.2, 0.25) is 5.02 Å².